The molecule has 0 spiro atoms. The lowest BCUT2D eigenvalue weighted by atomic mass is 9.73. The Bertz CT molecular complexity index is 545. The van der Waals surface area contributed by atoms with Crippen molar-refractivity contribution < 1.29 is 19.4 Å². The van der Waals surface area contributed by atoms with Crippen LogP contribution in [-0.4, -0.2) is 40.0 Å². The average Bonchev–Trinajstić information content (AvgIpc) is 2.91. The smallest absolute Gasteiger partial charge is 0.303 e. The van der Waals surface area contributed by atoms with Crippen LogP contribution in [0.5, 0.6) is 0 Å². The van der Waals surface area contributed by atoms with Crippen molar-refractivity contribution in [1.82, 2.24) is 9.78 Å². The summed E-state index contributed by atoms with van der Waals surface area (Å²) in [5.74, 6) is -0.0956. The van der Waals surface area contributed by atoms with Gasteiger partial charge in [0.25, 0.3) is 0 Å². The Balaban J connectivity index is 1.54. The summed E-state index contributed by atoms with van der Waals surface area (Å²) in [5.41, 5.74) is 0. The number of carbonyl (C=O) groups excluding carboxylic acids is 1. The normalized spacial score (nSPS) is 27.9. The lowest BCUT2D eigenvalue weighted by Gasteiger charge is -2.33. The van der Waals surface area contributed by atoms with E-state index in [0.29, 0.717) is 25.3 Å². The Morgan fingerprint density at radius 2 is 2.27 bits per heavy atom. The van der Waals surface area contributed by atoms with Gasteiger partial charge in [0.15, 0.2) is 0 Å². The maximum absolute atomic E-state index is 12.2. The summed E-state index contributed by atoms with van der Waals surface area (Å²) in [6.45, 7) is 1.40. The fourth-order valence-electron chi connectivity index (χ4n) is 3.21. The summed E-state index contributed by atoms with van der Waals surface area (Å²) in [6, 6.07) is 1.96. The highest BCUT2D eigenvalue weighted by atomic mass is 16.5. The minimum absolute atomic E-state index is 0.0416. The molecule has 0 radical (unpaired) electrons. The maximum Gasteiger partial charge on any atom is 0.303 e. The second-order valence-electron chi connectivity index (χ2n) is 6.15. The fourth-order valence-corrected chi connectivity index (χ4v) is 3.21. The van der Waals surface area contributed by atoms with Gasteiger partial charge < -0.3 is 15.2 Å². The quantitative estimate of drug-likeness (QED) is 0.863. The summed E-state index contributed by atoms with van der Waals surface area (Å²) in [7, 11) is 0. The van der Waals surface area contributed by atoms with Gasteiger partial charge in [0.05, 0.1) is 18.8 Å². The second-order valence-corrected chi connectivity index (χ2v) is 6.15. The molecule has 2 aliphatic rings. The number of aliphatic carboxylic acids is 1. The van der Waals surface area contributed by atoms with Gasteiger partial charge in [0.2, 0.25) is 5.91 Å². The van der Waals surface area contributed by atoms with Crippen molar-refractivity contribution >= 4 is 17.7 Å². The molecule has 1 saturated heterocycles. The number of carboxylic acid groups (broad SMARTS) is 1. The molecule has 22 heavy (non-hydrogen) atoms. The first kappa shape index (κ1) is 15.0. The summed E-state index contributed by atoms with van der Waals surface area (Å²) >= 11 is 0. The lowest BCUT2D eigenvalue weighted by molar-refractivity contribution is -0.140. The van der Waals surface area contributed by atoms with Crippen LogP contribution in [0, 0.1) is 11.8 Å². The molecule has 1 aliphatic heterocycles. The Labute approximate surface area is 128 Å². The number of rotatable bonds is 5. The van der Waals surface area contributed by atoms with E-state index in [-0.39, 0.29) is 30.2 Å². The van der Waals surface area contributed by atoms with Crippen LogP contribution in [0.3, 0.4) is 0 Å². The molecular formula is C15H21N3O4. The van der Waals surface area contributed by atoms with Crippen LogP contribution in [0.25, 0.3) is 0 Å². The van der Waals surface area contributed by atoms with Gasteiger partial charge in [0.1, 0.15) is 5.82 Å². The zero-order valence-corrected chi connectivity index (χ0v) is 12.4. The van der Waals surface area contributed by atoms with Gasteiger partial charge in [-0.05, 0) is 31.6 Å². The van der Waals surface area contributed by atoms with Crippen LogP contribution in [-0.2, 0) is 14.3 Å². The van der Waals surface area contributed by atoms with Crippen LogP contribution < -0.4 is 5.32 Å². The number of ether oxygens (including phenoxy) is 1. The topological polar surface area (TPSA) is 93.5 Å². The van der Waals surface area contributed by atoms with E-state index >= 15 is 0 Å². The SMILES string of the molecule is O=C(O)CC1CC(C(=O)Nc2ccnn2C2CCCOC2)C1. The first-order chi connectivity index (χ1) is 10.6. The number of aromatic nitrogens is 2. The van der Waals surface area contributed by atoms with Gasteiger partial charge in [-0.15, -0.1) is 0 Å². The van der Waals surface area contributed by atoms with E-state index in [9.17, 15) is 9.59 Å². The predicted octanol–water partition coefficient (Wildman–Crippen LogP) is 1.67. The number of hydrogen-bond acceptors (Lipinski definition) is 4. The van der Waals surface area contributed by atoms with E-state index in [0.717, 1.165) is 19.4 Å². The lowest BCUT2D eigenvalue weighted by Crippen LogP contribution is -2.36. The van der Waals surface area contributed by atoms with Gasteiger partial charge in [-0.25, -0.2) is 4.68 Å². The van der Waals surface area contributed by atoms with Crippen molar-refractivity contribution in [1.29, 1.82) is 0 Å². The Morgan fingerprint density at radius 1 is 1.45 bits per heavy atom. The molecule has 1 aromatic rings. The predicted molar refractivity (Wildman–Crippen MR) is 78.4 cm³/mol. The van der Waals surface area contributed by atoms with E-state index < -0.39 is 5.97 Å². The Hall–Kier alpha value is -1.89. The minimum atomic E-state index is -0.792. The molecule has 0 bridgehead atoms. The average molecular weight is 307 g/mol. The maximum atomic E-state index is 12.2. The molecule has 1 aliphatic carbocycles. The largest absolute Gasteiger partial charge is 0.481 e. The van der Waals surface area contributed by atoms with Crippen LogP contribution >= 0.6 is 0 Å². The molecular weight excluding hydrogens is 286 g/mol. The molecule has 7 nitrogen and oxygen atoms in total. The third kappa shape index (κ3) is 3.30. The van der Waals surface area contributed by atoms with Crippen molar-refractivity contribution in [2.24, 2.45) is 11.8 Å². The standard InChI is InChI=1S/C15H21N3O4/c19-14(20)8-10-6-11(7-10)15(21)17-13-3-4-16-18(13)12-2-1-5-22-9-12/h3-4,10-12H,1-2,5-9H2,(H,17,21)(H,19,20). The first-order valence-electron chi connectivity index (χ1n) is 7.77. The van der Waals surface area contributed by atoms with Gasteiger partial charge in [0, 0.05) is 25.0 Å². The number of amides is 1. The van der Waals surface area contributed by atoms with Crippen molar-refractivity contribution in [2.45, 2.75) is 38.1 Å². The molecule has 3 rings (SSSR count). The summed E-state index contributed by atoms with van der Waals surface area (Å²) in [4.78, 5) is 22.9. The highest BCUT2D eigenvalue weighted by molar-refractivity contribution is 5.92. The van der Waals surface area contributed by atoms with Crippen LogP contribution in [0.4, 0.5) is 5.82 Å². The van der Waals surface area contributed by atoms with Gasteiger partial charge in [-0.3, -0.25) is 9.59 Å². The summed E-state index contributed by atoms with van der Waals surface area (Å²) < 4.78 is 7.29. The van der Waals surface area contributed by atoms with E-state index in [2.05, 4.69) is 10.4 Å². The third-order valence-corrected chi connectivity index (χ3v) is 4.47. The van der Waals surface area contributed by atoms with Crippen LogP contribution in [0.15, 0.2) is 12.3 Å². The summed E-state index contributed by atoms with van der Waals surface area (Å²) in [6.07, 6.45) is 5.13. The highest BCUT2D eigenvalue weighted by Gasteiger charge is 2.36. The Kier molecular flexibility index (Phi) is 4.42. The minimum Gasteiger partial charge on any atom is -0.481 e. The van der Waals surface area contributed by atoms with E-state index in [1.54, 1.807) is 12.3 Å². The van der Waals surface area contributed by atoms with Crippen molar-refractivity contribution in [3.8, 4) is 0 Å². The monoisotopic (exact) mass is 307 g/mol. The molecule has 2 N–H and O–H groups in total. The molecule has 1 unspecified atom stereocenters. The van der Waals surface area contributed by atoms with E-state index in [1.165, 1.54) is 0 Å². The van der Waals surface area contributed by atoms with Gasteiger partial charge in [-0.2, -0.15) is 5.10 Å². The van der Waals surface area contributed by atoms with Gasteiger partial charge >= 0.3 is 5.97 Å². The number of carboxylic acids is 1. The number of nitrogens with one attached hydrogen (secondary N) is 1. The van der Waals surface area contributed by atoms with E-state index in [4.69, 9.17) is 9.84 Å². The molecule has 1 amide bonds. The molecule has 1 aromatic heterocycles. The Morgan fingerprint density at radius 3 is 2.95 bits per heavy atom. The van der Waals surface area contributed by atoms with Crippen molar-refractivity contribution in [3.05, 3.63) is 12.3 Å². The van der Waals surface area contributed by atoms with E-state index in [1.807, 2.05) is 4.68 Å². The van der Waals surface area contributed by atoms with Crippen LogP contribution in [0.1, 0.15) is 38.1 Å². The fraction of sp³-hybridized carbons (Fsp3) is 0.667. The third-order valence-electron chi connectivity index (χ3n) is 4.47. The molecule has 1 saturated carbocycles. The second kappa shape index (κ2) is 6.48. The zero-order chi connectivity index (χ0) is 15.5. The summed E-state index contributed by atoms with van der Waals surface area (Å²) in [5, 5.41) is 16.0. The zero-order valence-electron chi connectivity index (χ0n) is 12.4. The first-order valence-corrected chi connectivity index (χ1v) is 7.77. The number of carbonyl (C=O) groups is 2. The number of anilines is 1. The van der Waals surface area contributed by atoms with Crippen molar-refractivity contribution in [3.63, 3.8) is 0 Å². The van der Waals surface area contributed by atoms with Crippen LogP contribution in [0.2, 0.25) is 0 Å². The molecule has 0 aromatic carbocycles. The molecule has 1 atom stereocenters. The highest BCUT2D eigenvalue weighted by Crippen LogP contribution is 2.37. The molecule has 2 fully saturated rings. The van der Waals surface area contributed by atoms with Gasteiger partial charge in [-0.1, -0.05) is 0 Å². The number of nitrogens with zero attached hydrogens (tertiary/aromatic N) is 2. The van der Waals surface area contributed by atoms with Crippen molar-refractivity contribution in [2.75, 3.05) is 18.5 Å². The number of hydrogen-bond donors (Lipinski definition) is 2. The molecule has 120 valence electrons. The molecule has 7 heteroatoms. The molecule has 2 heterocycles.